The van der Waals surface area contributed by atoms with Crippen LogP contribution in [0, 0.1) is 5.41 Å². The van der Waals surface area contributed by atoms with Crippen LogP contribution < -0.4 is 31.9 Å². The van der Waals surface area contributed by atoms with Gasteiger partial charge in [-0.15, -0.1) is 5.10 Å². The van der Waals surface area contributed by atoms with Gasteiger partial charge in [0.1, 0.15) is 18.0 Å². The second kappa shape index (κ2) is 16.8. The Morgan fingerprint density at radius 2 is 1.83 bits per heavy atom. The first-order valence-electron chi connectivity index (χ1n) is 14.2. The van der Waals surface area contributed by atoms with E-state index in [1.165, 1.54) is 11.7 Å². The SMILES string of the molecule is CN.COc1cc(C(Nc2ccc(C(=N)N)cc2)c2nn(-c3ccccc3C=O)c(=O)[nH]2)ccc1OC1CCOC1.O=C(O)C(F)(F)F. The number of carboxylic acid groups (broad SMARTS) is 1. The molecule has 256 valence electrons. The summed E-state index contributed by atoms with van der Waals surface area (Å²) < 4.78 is 50.0. The molecule has 1 fully saturated rings. The summed E-state index contributed by atoms with van der Waals surface area (Å²) in [5, 5.41) is 22.7. The number of ether oxygens (including phenoxy) is 3. The summed E-state index contributed by atoms with van der Waals surface area (Å²) in [7, 11) is 3.06. The highest BCUT2D eigenvalue weighted by molar-refractivity contribution is 5.95. The smallest absolute Gasteiger partial charge is 0.490 e. The lowest BCUT2D eigenvalue weighted by atomic mass is 10.0. The van der Waals surface area contributed by atoms with E-state index in [0.29, 0.717) is 59.3 Å². The number of carbonyl (C=O) groups excluding carboxylic acids is 1. The van der Waals surface area contributed by atoms with E-state index >= 15 is 0 Å². The quantitative estimate of drug-likeness (QED) is 0.0815. The van der Waals surface area contributed by atoms with Crippen molar-refractivity contribution in [2.45, 2.75) is 24.7 Å². The Hall–Kier alpha value is -5.68. The van der Waals surface area contributed by atoms with Crippen molar-refractivity contribution in [2.24, 2.45) is 11.5 Å². The van der Waals surface area contributed by atoms with Gasteiger partial charge in [-0.1, -0.05) is 18.2 Å². The van der Waals surface area contributed by atoms with E-state index in [1.807, 2.05) is 18.2 Å². The number of nitrogens with zero attached hydrogens (tertiary/aromatic N) is 2. The van der Waals surface area contributed by atoms with E-state index in [-0.39, 0.29) is 11.9 Å². The molecule has 2 atom stereocenters. The Balaban J connectivity index is 0.000000618. The van der Waals surface area contributed by atoms with Crippen molar-refractivity contribution in [3.8, 4) is 17.2 Å². The third-order valence-corrected chi connectivity index (χ3v) is 6.65. The first kappa shape index (κ1) is 36.8. The molecule has 5 rings (SSSR count). The van der Waals surface area contributed by atoms with Crippen molar-refractivity contribution in [1.29, 1.82) is 5.41 Å². The molecule has 8 N–H and O–H groups in total. The van der Waals surface area contributed by atoms with Gasteiger partial charge in [0.05, 0.1) is 26.0 Å². The number of aromatic amines is 1. The number of amidine groups is 1. The van der Waals surface area contributed by atoms with Gasteiger partial charge in [-0.05, 0) is 61.1 Å². The normalized spacial score (nSPS) is 14.3. The summed E-state index contributed by atoms with van der Waals surface area (Å²) in [5.41, 5.74) is 12.3. The number of anilines is 1. The molecule has 1 aliphatic heterocycles. The van der Waals surface area contributed by atoms with Crippen LogP contribution in [0.3, 0.4) is 0 Å². The number of nitrogens with two attached hydrogens (primary N) is 2. The molecular weight excluding hydrogens is 639 g/mol. The molecule has 0 radical (unpaired) electrons. The number of benzene rings is 3. The van der Waals surface area contributed by atoms with Gasteiger partial charge in [0.15, 0.2) is 23.6 Å². The van der Waals surface area contributed by atoms with Gasteiger partial charge in [-0.25, -0.2) is 9.59 Å². The summed E-state index contributed by atoms with van der Waals surface area (Å²) in [6.07, 6.45) is -3.66. The molecule has 14 nitrogen and oxygen atoms in total. The van der Waals surface area contributed by atoms with Crippen molar-refractivity contribution < 1.29 is 42.1 Å². The Labute approximate surface area is 271 Å². The highest BCUT2D eigenvalue weighted by atomic mass is 19.4. The van der Waals surface area contributed by atoms with E-state index < -0.39 is 23.9 Å². The lowest BCUT2D eigenvalue weighted by Gasteiger charge is -2.21. The number of aldehydes is 1. The van der Waals surface area contributed by atoms with Crippen molar-refractivity contribution in [2.75, 3.05) is 32.7 Å². The number of alkyl halides is 3. The molecule has 2 unspecified atom stereocenters. The fourth-order valence-electron chi connectivity index (χ4n) is 4.38. The van der Waals surface area contributed by atoms with Crippen LogP contribution in [0.4, 0.5) is 18.9 Å². The third kappa shape index (κ3) is 9.43. The largest absolute Gasteiger partial charge is 0.493 e. The number of para-hydroxylation sites is 1. The lowest BCUT2D eigenvalue weighted by Crippen LogP contribution is -2.21. The van der Waals surface area contributed by atoms with E-state index in [4.69, 9.17) is 35.3 Å². The van der Waals surface area contributed by atoms with Crippen LogP contribution in [0.25, 0.3) is 5.69 Å². The topological polar surface area (TPSA) is 221 Å². The minimum Gasteiger partial charge on any atom is -0.493 e. The first-order valence-corrected chi connectivity index (χ1v) is 14.2. The molecule has 0 bridgehead atoms. The summed E-state index contributed by atoms with van der Waals surface area (Å²) in [6.45, 7) is 1.18. The zero-order chi connectivity index (χ0) is 35.4. The molecule has 2 heterocycles. The molecule has 4 aromatic rings. The Bertz CT molecular complexity index is 1750. The van der Waals surface area contributed by atoms with E-state index in [0.717, 1.165) is 12.0 Å². The number of aromatic nitrogens is 3. The van der Waals surface area contributed by atoms with Gasteiger partial charge in [0, 0.05) is 23.2 Å². The number of methoxy groups -OCH3 is 1. The Morgan fingerprint density at radius 1 is 1.17 bits per heavy atom. The van der Waals surface area contributed by atoms with Gasteiger partial charge in [0.25, 0.3) is 0 Å². The average molecular weight is 674 g/mol. The number of aliphatic carboxylic acids is 1. The predicted molar refractivity (Wildman–Crippen MR) is 169 cm³/mol. The summed E-state index contributed by atoms with van der Waals surface area (Å²) in [5.74, 6) is -1.38. The molecular formula is C31H34F3N7O7. The maximum absolute atomic E-state index is 13.0. The van der Waals surface area contributed by atoms with Crippen LogP contribution in [-0.4, -0.2) is 77.6 Å². The number of carboxylic acids is 1. The van der Waals surface area contributed by atoms with Crippen LogP contribution in [0.5, 0.6) is 11.5 Å². The monoisotopic (exact) mass is 673 g/mol. The second-order valence-corrected chi connectivity index (χ2v) is 9.79. The van der Waals surface area contributed by atoms with Gasteiger partial charge in [0.2, 0.25) is 0 Å². The third-order valence-electron chi connectivity index (χ3n) is 6.65. The van der Waals surface area contributed by atoms with Crippen molar-refractivity contribution in [1.82, 2.24) is 14.8 Å². The summed E-state index contributed by atoms with van der Waals surface area (Å²) in [4.78, 5) is 36.3. The van der Waals surface area contributed by atoms with E-state index in [2.05, 4.69) is 21.1 Å². The van der Waals surface area contributed by atoms with Crippen molar-refractivity contribution in [3.05, 3.63) is 99.7 Å². The minimum atomic E-state index is -5.08. The molecule has 0 aliphatic carbocycles. The number of halogens is 3. The van der Waals surface area contributed by atoms with E-state index in [1.54, 1.807) is 55.6 Å². The number of H-pyrrole nitrogens is 1. The zero-order valence-electron chi connectivity index (χ0n) is 25.8. The molecule has 0 saturated carbocycles. The lowest BCUT2D eigenvalue weighted by molar-refractivity contribution is -0.192. The fraction of sp³-hybridized carbons (Fsp3) is 0.258. The molecule has 0 spiro atoms. The number of rotatable bonds is 10. The number of hydrogen-bond donors (Lipinski definition) is 6. The van der Waals surface area contributed by atoms with Crippen LogP contribution in [0.15, 0.2) is 71.5 Å². The van der Waals surface area contributed by atoms with Gasteiger partial charge < -0.3 is 36.1 Å². The van der Waals surface area contributed by atoms with Crippen LogP contribution in [0.2, 0.25) is 0 Å². The zero-order valence-corrected chi connectivity index (χ0v) is 25.8. The average Bonchev–Trinajstić information content (AvgIpc) is 3.74. The number of nitrogens with one attached hydrogen (secondary N) is 3. The summed E-state index contributed by atoms with van der Waals surface area (Å²) >= 11 is 0. The number of hydrogen-bond acceptors (Lipinski definition) is 10. The molecule has 1 aliphatic rings. The van der Waals surface area contributed by atoms with Gasteiger partial charge in [-0.3, -0.25) is 15.2 Å². The molecule has 3 aromatic carbocycles. The highest BCUT2D eigenvalue weighted by Crippen LogP contribution is 2.34. The number of nitrogen functional groups attached to an aromatic ring is 1. The minimum absolute atomic E-state index is 0.0389. The molecule has 1 saturated heterocycles. The fourth-order valence-corrected chi connectivity index (χ4v) is 4.38. The standard InChI is InChI=1S/C28H28N6O5.C2HF3O2.CH5N/c1-37-24-14-18(8-11-23(24)39-21-12-13-38-16-21)25(31-20-9-6-17(7-10-20)26(29)30)27-32-28(36)34(33-27)22-5-3-2-4-19(22)15-35;3-2(4,5)1(6)7;1-2/h2-11,14-15,21,25,31H,12-13,16H2,1H3,(H3,29,30)(H,32,33,36);(H,6,7);2H2,1H3. The van der Waals surface area contributed by atoms with Crippen LogP contribution in [0.1, 0.15) is 39.8 Å². The Morgan fingerprint density at radius 3 is 2.40 bits per heavy atom. The molecule has 0 amide bonds. The maximum Gasteiger partial charge on any atom is 0.490 e. The highest BCUT2D eigenvalue weighted by Gasteiger charge is 2.38. The van der Waals surface area contributed by atoms with Gasteiger partial charge >= 0.3 is 17.8 Å². The second-order valence-electron chi connectivity index (χ2n) is 9.79. The van der Waals surface area contributed by atoms with Crippen molar-refractivity contribution >= 4 is 23.8 Å². The molecule has 17 heteroatoms. The van der Waals surface area contributed by atoms with Gasteiger partial charge in [-0.2, -0.15) is 17.9 Å². The molecule has 1 aromatic heterocycles. The maximum atomic E-state index is 13.0. The van der Waals surface area contributed by atoms with E-state index in [9.17, 15) is 22.8 Å². The molecule has 48 heavy (non-hydrogen) atoms. The number of carbonyl (C=O) groups is 2. The van der Waals surface area contributed by atoms with Crippen LogP contribution >= 0.6 is 0 Å². The van der Waals surface area contributed by atoms with Crippen molar-refractivity contribution in [3.63, 3.8) is 0 Å². The van der Waals surface area contributed by atoms with Crippen LogP contribution in [-0.2, 0) is 9.53 Å². The Kier molecular flexibility index (Phi) is 12.8. The summed E-state index contributed by atoms with van der Waals surface area (Å²) in [6, 6.07) is 18.6. The first-order chi connectivity index (χ1) is 22.9. The predicted octanol–water partition coefficient (Wildman–Crippen LogP) is 3.24.